The van der Waals surface area contributed by atoms with Gasteiger partial charge in [0.15, 0.2) is 0 Å². The van der Waals surface area contributed by atoms with Crippen LogP contribution in [0, 0.1) is 4.78 Å². The van der Waals surface area contributed by atoms with Gasteiger partial charge in [0, 0.05) is 42.2 Å². The zero-order chi connectivity index (χ0) is 32.7. The van der Waals surface area contributed by atoms with E-state index in [-0.39, 0.29) is 17.3 Å². The Balaban J connectivity index is 1.77. The molecule has 2 aromatic rings. The molecule has 1 saturated heterocycles. The molecule has 1 aliphatic heterocycles. The fraction of sp³-hybridized carbons (Fsp3) is 0.548. The first-order valence-electron chi connectivity index (χ1n) is 15.0. The van der Waals surface area contributed by atoms with Crippen LogP contribution >= 0.6 is 0 Å². The van der Waals surface area contributed by atoms with Crippen LogP contribution in [0.2, 0.25) is 0 Å². The van der Waals surface area contributed by atoms with E-state index in [2.05, 4.69) is 17.6 Å². The average molecular weight is 650 g/mol. The third-order valence-corrected chi connectivity index (χ3v) is 10.5. The summed E-state index contributed by atoms with van der Waals surface area (Å²) in [5, 5.41) is 5.70. The summed E-state index contributed by atoms with van der Waals surface area (Å²) in [5.74, 6) is -0.226. The zero-order valence-corrected chi connectivity index (χ0v) is 28.3. The smallest absolute Gasteiger partial charge is 0.407 e. The molecule has 11 nitrogen and oxygen atoms in total. The third kappa shape index (κ3) is 10.1. The van der Waals surface area contributed by atoms with Crippen molar-refractivity contribution in [2.75, 3.05) is 46.7 Å². The van der Waals surface area contributed by atoms with Gasteiger partial charge in [-0.1, -0.05) is 32.6 Å². The highest BCUT2D eigenvalue weighted by atomic mass is 32.2. The van der Waals surface area contributed by atoms with E-state index in [0.717, 1.165) is 42.7 Å². The molecule has 244 valence electrons. The lowest BCUT2D eigenvalue weighted by molar-refractivity contribution is 0.0508. The standard InChI is InChI=1S/C31H47N5O6S2/c1-7-8-9-10-11-20-44(32,41)26-15-12-23(13-16-26)33-29(37)27-21-25(14-17-28(27)35(5)43(6,39)40)36-19-18-24(22-36)34-30(38)42-31(2,3)4/h12-17,21,24,32H,7-11,18-20,22H2,1-6H3,(H,33,37)(H,34,38)/t24-,44?/m1/s1. The third-order valence-electron chi connectivity index (χ3n) is 7.36. The Labute approximate surface area is 262 Å². The van der Waals surface area contributed by atoms with Crippen LogP contribution in [0.25, 0.3) is 0 Å². The Morgan fingerprint density at radius 2 is 1.70 bits per heavy atom. The number of carbonyl (C=O) groups is 2. The average Bonchev–Trinajstić information content (AvgIpc) is 3.39. The minimum Gasteiger partial charge on any atom is -0.444 e. The quantitative estimate of drug-likeness (QED) is 0.232. The number of rotatable bonds is 13. The van der Waals surface area contributed by atoms with Crippen LogP contribution in [0.3, 0.4) is 0 Å². The normalized spacial score (nSPS) is 16.7. The second kappa shape index (κ2) is 14.6. The van der Waals surface area contributed by atoms with E-state index in [9.17, 15) is 22.2 Å². The molecule has 0 aliphatic carbocycles. The number of anilines is 3. The zero-order valence-electron chi connectivity index (χ0n) is 26.6. The van der Waals surface area contributed by atoms with Crippen LogP contribution in [0.15, 0.2) is 47.4 Å². The first-order valence-corrected chi connectivity index (χ1v) is 18.6. The van der Waals surface area contributed by atoms with Crippen molar-refractivity contribution >= 4 is 48.8 Å². The fourth-order valence-electron chi connectivity index (χ4n) is 4.93. The van der Waals surface area contributed by atoms with Crippen LogP contribution < -0.4 is 19.8 Å². The van der Waals surface area contributed by atoms with Crippen molar-refractivity contribution in [1.82, 2.24) is 5.32 Å². The van der Waals surface area contributed by atoms with Gasteiger partial charge in [-0.3, -0.25) is 9.10 Å². The van der Waals surface area contributed by atoms with Gasteiger partial charge in [0.05, 0.1) is 33.3 Å². The minimum atomic E-state index is -3.66. The molecule has 44 heavy (non-hydrogen) atoms. The molecule has 3 rings (SSSR count). The van der Waals surface area contributed by atoms with Crippen molar-refractivity contribution < 1.29 is 27.0 Å². The Kier molecular flexibility index (Phi) is 11.7. The molecule has 0 radical (unpaired) electrons. The second-order valence-electron chi connectivity index (χ2n) is 12.3. The summed E-state index contributed by atoms with van der Waals surface area (Å²) >= 11 is 0. The molecule has 0 bridgehead atoms. The van der Waals surface area contributed by atoms with Gasteiger partial charge in [0.25, 0.3) is 5.91 Å². The molecule has 1 unspecified atom stereocenters. The summed E-state index contributed by atoms with van der Waals surface area (Å²) in [6, 6.07) is 11.3. The number of nitrogens with zero attached hydrogens (tertiary/aromatic N) is 2. The number of hydrogen-bond acceptors (Lipinski definition) is 8. The maximum absolute atomic E-state index is 13.6. The van der Waals surface area contributed by atoms with Gasteiger partial charge >= 0.3 is 6.09 Å². The first-order chi connectivity index (χ1) is 20.5. The molecule has 0 spiro atoms. The molecule has 0 aromatic heterocycles. The fourth-order valence-corrected chi connectivity index (χ4v) is 6.86. The summed E-state index contributed by atoms with van der Waals surface area (Å²) < 4.78 is 52.6. The van der Waals surface area contributed by atoms with Gasteiger partial charge in [-0.2, -0.15) is 0 Å². The monoisotopic (exact) mass is 649 g/mol. The lowest BCUT2D eigenvalue weighted by Gasteiger charge is -2.24. The number of nitrogens with one attached hydrogen (secondary N) is 3. The molecular weight excluding hydrogens is 603 g/mol. The molecule has 1 aliphatic rings. The number of alkyl carbamates (subject to hydrolysis) is 1. The number of unbranched alkanes of at least 4 members (excludes halogenated alkanes) is 4. The van der Waals surface area contributed by atoms with Crippen molar-refractivity contribution in [3.05, 3.63) is 48.0 Å². The predicted octanol–water partition coefficient (Wildman–Crippen LogP) is 5.81. The lowest BCUT2D eigenvalue weighted by Crippen LogP contribution is -2.40. The van der Waals surface area contributed by atoms with Crippen LogP contribution in [0.5, 0.6) is 0 Å². The molecule has 1 heterocycles. The van der Waals surface area contributed by atoms with Gasteiger partial charge < -0.3 is 20.3 Å². The summed E-state index contributed by atoms with van der Waals surface area (Å²) in [6.45, 7) is 8.64. The number of ether oxygens (including phenoxy) is 1. The molecule has 2 aromatic carbocycles. The first kappa shape index (κ1) is 35.2. The molecule has 2 amide bonds. The summed E-state index contributed by atoms with van der Waals surface area (Å²) in [5.41, 5.74) is 0.890. The number of hydrogen-bond donors (Lipinski definition) is 3. The number of sulfonamides is 1. The largest absolute Gasteiger partial charge is 0.444 e. The lowest BCUT2D eigenvalue weighted by atomic mass is 10.1. The Hall–Kier alpha value is -3.32. The topological polar surface area (TPSA) is 149 Å². The van der Waals surface area contributed by atoms with Gasteiger partial charge in [0.2, 0.25) is 10.0 Å². The van der Waals surface area contributed by atoms with Crippen molar-refractivity contribution in [2.24, 2.45) is 0 Å². The van der Waals surface area contributed by atoms with E-state index in [1.165, 1.54) is 7.05 Å². The Morgan fingerprint density at radius 3 is 2.32 bits per heavy atom. The Bertz CT molecular complexity index is 1520. The molecule has 13 heteroatoms. The van der Waals surface area contributed by atoms with E-state index in [4.69, 9.17) is 9.52 Å². The van der Waals surface area contributed by atoms with Gasteiger partial charge in [-0.05, 0) is 76.1 Å². The van der Waals surface area contributed by atoms with Crippen molar-refractivity contribution in [3.8, 4) is 0 Å². The van der Waals surface area contributed by atoms with Crippen molar-refractivity contribution in [2.45, 2.75) is 82.8 Å². The number of carbonyl (C=O) groups excluding carboxylic acids is 2. The molecular formula is C31H47N5O6S2. The van der Waals surface area contributed by atoms with Gasteiger partial charge in [-0.15, -0.1) is 0 Å². The second-order valence-corrected chi connectivity index (χ2v) is 16.5. The van der Waals surface area contributed by atoms with Crippen LogP contribution in [-0.4, -0.2) is 68.4 Å². The number of benzene rings is 2. The van der Waals surface area contributed by atoms with Gasteiger partial charge in [0.1, 0.15) is 5.60 Å². The highest BCUT2D eigenvalue weighted by Gasteiger charge is 2.28. The van der Waals surface area contributed by atoms with E-state index < -0.39 is 37.4 Å². The molecule has 2 atom stereocenters. The summed E-state index contributed by atoms with van der Waals surface area (Å²) in [6.07, 6.45) is 6.23. The van der Waals surface area contributed by atoms with E-state index >= 15 is 0 Å². The summed E-state index contributed by atoms with van der Waals surface area (Å²) in [4.78, 5) is 28.2. The Morgan fingerprint density at radius 1 is 1.05 bits per heavy atom. The van der Waals surface area contributed by atoms with Crippen LogP contribution in [0.4, 0.5) is 21.9 Å². The maximum atomic E-state index is 13.6. The van der Waals surface area contributed by atoms with Crippen molar-refractivity contribution in [3.63, 3.8) is 0 Å². The minimum absolute atomic E-state index is 0.150. The highest BCUT2D eigenvalue weighted by molar-refractivity contribution is 7.92. The van der Waals surface area contributed by atoms with Crippen LogP contribution in [-0.2, 0) is 24.5 Å². The van der Waals surface area contributed by atoms with Crippen LogP contribution in [0.1, 0.15) is 76.6 Å². The molecule has 0 saturated carbocycles. The van der Waals surface area contributed by atoms with Crippen molar-refractivity contribution in [1.29, 1.82) is 4.78 Å². The van der Waals surface area contributed by atoms with E-state index in [1.54, 1.807) is 63.2 Å². The van der Waals surface area contributed by atoms with E-state index in [0.29, 0.717) is 41.5 Å². The van der Waals surface area contributed by atoms with Gasteiger partial charge in [-0.25, -0.2) is 22.2 Å². The maximum Gasteiger partial charge on any atom is 0.407 e. The highest BCUT2D eigenvalue weighted by Crippen LogP contribution is 2.30. The SMILES string of the molecule is CCCCCCCS(=N)(=O)c1ccc(NC(=O)c2cc(N3CC[C@@H](NC(=O)OC(C)(C)C)C3)ccc2N(C)S(C)(=O)=O)cc1. The predicted molar refractivity (Wildman–Crippen MR) is 177 cm³/mol. The molecule has 3 N–H and O–H groups in total. The summed E-state index contributed by atoms with van der Waals surface area (Å²) in [7, 11) is -5.22. The molecule has 1 fully saturated rings. The number of amides is 2. The van der Waals surface area contributed by atoms with E-state index in [1.807, 2.05) is 4.90 Å².